The molecule has 0 aliphatic carbocycles. The van der Waals surface area contributed by atoms with Gasteiger partial charge in [-0.25, -0.2) is 18.7 Å². The Morgan fingerprint density at radius 2 is 1.61 bits per heavy atom. The van der Waals surface area contributed by atoms with Gasteiger partial charge in [0.25, 0.3) is 11.6 Å². The number of hydrogen-bond acceptors (Lipinski definition) is 0. The lowest BCUT2D eigenvalue weighted by Crippen LogP contribution is -2.35. The molecule has 0 bridgehead atoms. The second-order valence-electron chi connectivity index (χ2n) is 7.40. The molecule has 1 atom stereocenters. The zero-order valence-electron chi connectivity index (χ0n) is 16.6. The minimum Gasteiger partial charge on any atom is -0.247 e. The summed E-state index contributed by atoms with van der Waals surface area (Å²) in [6.45, 7) is 0.906. The van der Waals surface area contributed by atoms with Crippen LogP contribution in [0.15, 0.2) is 85.5 Å². The van der Waals surface area contributed by atoms with E-state index in [4.69, 9.17) is 0 Å². The normalized spacial score (nSPS) is 12.2. The van der Waals surface area contributed by atoms with Crippen molar-refractivity contribution in [1.29, 1.82) is 0 Å². The van der Waals surface area contributed by atoms with E-state index < -0.39 is 0 Å². The van der Waals surface area contributed by atoms with Crippen LogP contribution in [-0.4, -0.2) is 9.55 Å². The Balaban J connectivity index is 1.58. The zero-order valence-corrected chi connectivity index (χ0v) is 16.6. The third kappa shape index (κ3) is 3.91. The molecule has 0 amide bonds. The fraction of sp³-hybridized carbons (Fsp3) is 0.250. The Morgan fingerprint density at radius 3 is 2.29 bits per heavy atom. The lowest BCUT2D eigenvalue weighted by atomic mass is 9.93. The molecule has 0 aliphatic rings. The summed E-state index contributed by atoms with van der Waals surface area (Å²) in [4.78, 5) is 3.45. The van der Waals surface area contributed by atoms with E-state index in [0.717, 1.165) is 19.4 Å². The van der Waals surface area contributed by atoms with Gasteiger partial charge in [0.05, 0.1) is 26.4 Å². The van der Waals surface area contributed by atoms with E-state index in [-0.39, 0.29) is 0 Å². The third-order valence-electron chi connectivity index (χ3n) is 5.50. The Kier molecular flexibility index (Phi) is 5.38. The monoisotopic (exact) mass is 372 g/mol. The summed E-state index contributed by atoms with van der Waals surface area (Å²) in [5.74, 6) is 2.93. The van der Waals surface area contributed by atoms with Gasteiger partial charge >= 0.3 is 0 Å². The van der Waals surface area contributed by atoms with Crippen LogP contribution in [0.5, 0.6) is 0 Å². The molecule has 0 fully saturated rings. The van der Waals surface area contributed by atoms with Crippen molar-refractivity contribution in [1.82, 2.24) is 9.55 Å². The number of nitrogens with zero attached hydrogens (tertiary/aromatic N) is 3. The van der Waals surface area contributed by atoms with Gasteiger partial charge in [-0.1, -0.05) is 60.7 Å². The molecule has 4 nitrogen and oxygen atoms in total. The summed E-state index contributed by atoms with van der Waals surface area (Å²) in [5.41, 5.74) is 2.68. The molecule has 2 aromatic heterocycles. The molecule has 0 saturated carbocycles. The lowest BCUT2D eigenvalue weighted by molar-refractivity contribution is -0.680. The van der Waals surface area contributed by atoms with Crippen LogP contribution in [0.2, 0.25) is 0 Å². The summed E-state index contributed by atoms with van der Waals surface area (Å²) in [6.07, 6.45) is 10.5. The molecule has 2 aromatic carbocycles. The highest BCUT2D eigenvalue weighted by Crippen LogP contribution is 2.26. The molecule has 1 unspecified atom stereocenters. The van der Waals surface area contributed by atoms with Gasteiger partial charge in [-0.05, 0) is 17.5 Å². The number of imidazole rings is 2. The van der Waals surface area contributed by atoms with Crippen LogP contribution in [-0.2, 0) is 27.1 Å². The van der Waals surface area contributed by atoms with E-state index in [1.165, 1.54) is 22.8 Å². The molecule has 0 saturated heterocycles. The van der Waals surface area contributed by atoms with Crippen molar-refractivity contribution in [3.63, 3.8) is 0 Å². The summed E-state index contributed by atoms with van der Waals surface area (Å²) >= 11 is 0. The van der Waals surface area contributed by atoms with Crippen molar-refractivity contribution in [3.05, 3.63) is 108 Å². The summed E-state index contributed by atoms with van der Waals surface area (Å²) in [5, 5.41) is 0. The van der Waals surface area contributed by atoms with Crippen molar-refractivity contribution >= 4 is 0 Å². The SMILES string of the molecule is C[n+]1cc[nH]c1C(CCc1n(Cc2ccccc2)cc[n+]1C)c1ccccc1. The average molecular weight is 373 g/mol. The molecule has 4 rings (SSSR count). The standard InChI is InChI=1S/C24H27N4/c1-26-17-18-28(19-20-9-5-3-6-10-20)23(26)14-13-22(21-11-7-4-8-12-21)24-25-15-16-27(24)2/h3-12,15-18,22H,13-14,19H2,1-2H3/q+1/p+1. The Labute approximate surface area is 166 Å². The maximum Gasteiger partial charge on any atom is 0.261 e. The molecular formula is C24H28N4+2. The molecule has 1 N–H and O–H groups in total. The fourth-order valence-electron chi connectivity index (χ4n) is 3.98. The van der Waals surface area contributed by atoms with Gasteiger partial charge in [0.1, 0.15) is 31.3 Å². The van der Waals surface area contributed by atoms with E-state index in [9.17, 15) is 0 Å². The van der Waals surface area contributed by atoms with Crippen LogP contribution in [0, 0.1) is 0 Å². The van der Waals surface area contributed by atoms with Crippen molar-refractivity contribution in [2.24, 2.45) is 14.1 Å². The zero-order chi connectivity index (χ0) is 19.3. The van der Waals surface area contributed by atoms with Gasteiger partial charge in [0.15, 0.2) is 0 Å². The molecule has 142 valence electrons. The van der Waals surface area contributed by atoms with Crippen LogP contribution < -0.4 is 9.13 Å². The van der Waals surface area contributed by atoms with Crippen molar-refractivity contribution in [3.8, 4) is 0 Å². The van der Waals surface area contributed by atoms with Crippen LogP contribution in [0.3, 0.4) is 0 Å². The molecule has 2 heterocycles. The van der Waals surface area contributed by atoms with Crippen molar-refractivity contribution < 1.29 is 9.13 Å². The highest BCUT2D eigenvalue weighted by atomic mass is 15.1. The van der Waals surface area contributed by atoms with Crippen LogP contribution in [0.25, 0.3) is 0 Å². The molecular weight excluding hydrogens is 344 g/mol. The number of hydrogen-bond donors (Lipinski definition) is 1. The molecule has 0 radical (unpaired) electrons. The van der Waals surface area contributed by atoms with E-state index >= 15 is 0 Å². The highest BCUT2D eigenvalue weighted by Gasteiger charge is 2.26. The number of rotatable bonds is 7. The largest absolute Gasteiger partial charge is 0.261 e. The van der Waals surface area contributed by atoms with Gasteiger partial charge in [0.2, 0.25) is 0 Å². The van der Waals surface area contributed by atoms with E-state index in [0.29, 0.717) is 5.92 Å². The minimum absolute atomic E-state index is 0.335. The minimum atomic E-state index is 0.335. The molecule has 4 aromatic rings. The lowest BCUT2D eigenvalue weighted by Gasteiger charge is -2.13. The third-order valence-corrected chi connectivity index (χ3v) is 5.50. The van der Waals surface area contributed by atoms with Gasteiger partial charge in [-0.2, -0.15) is 0 Å². The first-order valence-electron chi connectivity index (χ1n) is 9.88. The number of nitrogens with one attached hydrogen (secondary N) is 1. The number of H-pyrrole nitrogens is 1. The number of aromatic nitrogens is 4. The maximum atomic E-state index is 3.45. The van der Waals surface area contributed by atoms with E-state index in [1.54, 1.807) is 0 Å². The quantitative estimate of drug-likeness (QED) is 0.483. The number of aromatic amines is 1. The van der Waals surface area contributed by atoms with Crippen LogP contribution in [0.4, 0.5) is 0 Å². The predicted molar refractivity (Wildman–Crippen MR) is 110 cm³/mol. The second-order valence-corrected chi connectivity index (χ2v) is 7.40. The van der Waals surface area contributed by atoms with Crippen LogP contribution in [0.1, 0.15) is 35.1 Å². The summed E-state index contributed by atoms with van der Waals surface area (Å²) in [6, 6.07) is 21.5. The first kappa shape index (κ1) is 18.2. The molecule has 28 heavy (non-hydrogen) atoms. The van der Waals surface area contributed by atoms with Gasteiger partial charge < -0.3 is 0 Å². The van der Waals surface area contributed by atoms with Crippen molar-refractivity contribution in [2.75, 3.05) is 0 Å². The molecule has 0 spiro atoms. The smallest absolute Gasteiger partial charge is 0.247 e. The molecule has 0 aliphatic heterocycles. The van der Waals surface area contributed by atoms with Gasteiger partial charge in [-0.15, -0.1) is 0 Å². The first-order valence-corrected chi connectivity index (χ1v) is 9.88. The summed E-state index contributed by atoms with van der Waals surface area (Å²) < 4.78 is 6.81. The number of benzene rings is 2. The Hall–Kier alpha value is -3.14. The van der Waals surface area contributed by atoms with Crippen molar-refractivity contribution in [2.45, 2.75) is 25.3 Å². The van der Waals surface area contributed by atoms with Crippen LogP contribution >= 0.6 is 0 Å². The Morgan fingerprint density at radius 1 is 0.893 bits per heavy atom. The highest BCUT2D eigenvalue weighted by molar-refractivity contribution is 5.24. The maximum absolute atomic E-state index is 3.45. The van der Waals surface area contributed by atoms with E-state index in [2.05, 4.69) is 112 Å². The average Bonchev–Trinajstić information content (AvgIpc) is 3.30. The first-order chi connectivity index (χ1) is 13.7. The second kappa shape index (κ2) is 8.26. The predicted octanol–water partition coefficient (Wildman–Crippen LogP) is 3.28. The molecule has 4 heteroatoms. The number of aryl methyl sites for hydroxylation is 2. The fourth-order valence-corrected chi connectivity index (χ4v) is 3.98. The van der Waals surface area contributed by atoms with E-state index in [1.807, 2.05) is 6.20 Å². The van der Waals surface area contributed by atoms with Gasteiger partial charge in [-0.3, -0.25) is 0 Å². The van der Waals surface area contributed by atoms with Gasteiger partial charge in [0, 0.05) is 0 Å². The topological polar surface area (TPSA) is 28.5 Å². The summed E-state index contributed by atoms with van der Waals surface area (Å²) in [7, 11) is 4.25. The Bertz CT molecular complexity index is 1020.